The first-order chi connectivity index (χ1) is 18.9. The number of sulfonamides is 1. The minimum absolute atomic E-state index is 0.0359. The number of rotatable bonds is 10. The monoisotopic (exact) mass is 573 g/mol. The highest BCUT2D eigenvalue weighted by Crippen LogP contribution is 2.51. The van der Waals surface area contributed by atoms with Crippen molar-refractivity contribution in [2.24, 2.45) is 5.73 Å². The predicted molar refractivity (Wildman–Crippen MR) is 139 cm³/mol. The number of carbonyl (C=O) groups is 1. The largest absolute Gasteiger partial charge is 0.480 e. The highest BCUT2D eigenvalue weighted by atomic mass is 32.2. The van der Waals surface area contributed by atoms with Crippen LogP contribution in [0.1, 0.15) is 28.8 Å². The van der Waals surface area contributed by atoms with E-state index in [0.29, 0.717) is 24.2 Å². The molecule has 1 amide bonds. The summed E-state index contributed by atoms with van der Waals surface area (Å²) in [6.07, 6.45) is 0.545. The van der Waals surface area contributed by atoms with Crippen molar-refractivity contribution in [1.29, 1.82) is 0 Å². The summed E-state index contributed by atoms with van der Waals surface area (Å²) in [5.74, 6) is -2.61. The van der Waals surface area contributed by atoms with Crippen molar-refractivity contribution in [3.8, 4) is 17.0 Å². The van der Waals surface area contributed by atoms with Crippen LogP contribution in [0.2, 0.25) is 0 Å². The molecule has 0 saturated heterocycles. The molecule has 0 radical (unpaired) electrons. The Morgan fingerprint density at radius 3 is 2.50 bits per heavy atom. The number of nitrogens with one attached hydrogen (secondary N) is 3. The maximum atomic E-state index is 12.9. The van der Waals surface area contributed by atoms with E-state index in [1.807, 2.05) is 35.1 Å². The van der Waals surface area contributed by atoms with Crippen LogP contribution in [0.5, 0.6) is 5.75 Å². The van der Waals surface area contributed by atoms with E-state index < -0.39 is 33.5 Å². The Kier molecular flexibility index (Phi) is 6.83. The van der Waals surface area contributed by atoms with E-state index >= 15 is 0 Å². The topological polar surface area (TPSA) is 165 Å². The molecule has 1 aliphatic rings. The minimum atomic E-state index is -4.95. The standard InChI is InChI=1S/C25H22F3N7O4S/c26-25(27,28)14-40(37,38)35-17-7-6-15(12-18(17)39-24(8-9-24)16-4-2-1-3-5-16)21-20(22(29)36)23(34-33-21)32-19-13-30-10-11-31-19/h1-7,10-13,35H,8-9,14H2,(H2,29,36)(H2,31,32,33,34). The molecule has 2 heterocycles. The molecule has 1 fully saturated rings. The molecule has 5 N–H and O–H groups in total. The van der Waals surface area contributed by atoms with Crippen molar-refractivity contribution in [1.82, 2.24) is 20.2 Å². The van der Waals surface area contributed by atoms with Crippen LogP contribution in [-0.4, -0.2) is 46.4 Å². The van der Waals surface area contributed by atoms with Crippen LogP contribution in [0.4, 0.5) is 30.5 Å². The van der Waals surface area contributed by atoms with Crippen LogP contribution >= 0.6 is 0 Å². The Hall–Kier alpha value is -4.66. The highest BCUT2D eigenvalue weighted by molar-refractivity contribution is 7.92. The van der Waals surface area contributed by atoms with Crippen molar-refractivity contribution in [3.05, 3.63) is 78.2 Å². The molecule has 5 rings (SSSR count). The van der Waals surface area contributed by atoms with Gasteiger partial charge in [-0.3, -0.25) is 19.6 Å². The van der Waals surface area contributed by atoms with Crippen LogP contribution in [0.3, 0.4) is 0 Å². The molecule has 0 bridgehead atoms. The summed E-state index contributed by atoms with van der Waals surface area (Å²) >= 11 is 0. The number of ether oxygens (including phenoxy) is 1. The number of benzene rings is 2. The predicted octanol–water partition coefficient (Wildman–Crippen LogP) is 4.08. The van der Waals surface area contributed by atoms with Gasteiger partial charge in [0.05, 0.1) is 17.6 Å². The van der Waals surface area contributed by atoms with Gasteiger partial charge in [0.25, 0.3) is 5.91 Å². The van der Waals surface area contributed by atoms with Gasteiger partial charge in [-0.1, -0.05) is 36.4 Å². The third-order valence-corrected chi connectivity index (χ3v) is 7.26. The maximum Gasteiger partial charge on any atom is 0.404 e. The normalized spacial score (nSPS) is 14.4. The smallest absolute Gasteiger partial charge is 0.404 e. The third kappa shape index (κ3) is 5.98. The van der Waals surface area contributed by atoms with Gasteiger partial charge in [-0.05, 0) is 30.5 Å². The summed E-state index contributed by atoms with van der Waals surface area (Å²) in [4.78, 5) is 20.4. The van der Waals surface area contributed by atoms with E-state index in [4.69, 9.17) is 10.5 Å². The number of aromatic amines is 1. The Morgan fingerprint density at radius 2 is 1.88 bits per heavy atom. The number of alkyl halides is 3. The van der Waals surface area contributed by atoms with Gasteiger partial charge in [0.1, 0.15) is 22.7 Å². The summed E-state index contributed by atoms with van der Waals surface area (Å²) in [5.41, 5.74) is 5.90. The molecule has 0 aliphatic heterocycles. The summed E-state index contributed by atoms with van der Waals surface area (Å²) in [6, 6.07) is 13.2. The van der Waals surface area contributed by atoms with Gasteiger partial charge in [0, 0.05) is 18.0 Å². The first kappa shape index (κ1) is 26.9. The molecule has 0 unspecified atom stereocenters. The molecule has 4 aromatic rings. The number of nitrogens with two attached hydrogens (primary N) is 1. The number of hydrogen-bond acceptors (Lipinski definition) is 8. The van der Waals surface area contributed by atoms with Gasteiger partial charge >= 0.3 is 6.18 Å². The van der Waals surface area contributed by atoms with Crippen LogP contribution in [0.25, 0.3) is 11.3 Å². The van der Waals surface area contributed by atoms with Crippen molar-refractivity contribution in [2.75, 3.05) is 15.8 Å². The summed E-state index contributed by atoms with van der Waals surface area (Å²) in [5, 5.41) is 9.68. The van der Waals surface area contributed by atoms with Crippen LogP contribution in [0, 0.1) is 0 Å². The number of anilines is 3. The number of amides is 1. The minimum Gasteiger partial charge on any atom is -0.480 e. The average Bonchev–Trinajstić information content (AvgIpc) is 3.55. The van der Waals surface area contributed by atoms with Crippen LogP contribution in [-0.2, 0) is 15.6 Å². The zero-order chi connectivity index (χ0) is 28.5. The summed E-state index contributed by atoms with van der Waals surface area (Å²) in [6.45, 7) is 0. The molecule has 2 aromatic heterocycles. The summed E-state index contributed by atoms with van der Waals surface area (Å²) in [7, 11) is -4.82. The molecule has 0 spiro atoms. The lowest BCUT2D eigenvalue weighted by molar-refractivity contribution is -0.106. The van der Waals surface area contributed by atoms with E-state index in [2.05, 4.69) is 25.5 Å². The second-order valence-corrected chi connectivity index (χ2v) is 10.8. The third-order valence-electron chi connectivity index (χ3n) is 6.02. The van der Waals surface area contributed by atoms with Crippen LogP contribution < -0.4 is 20.5 Å². The number of halogens is 3. The van der Waals surface area contributed by atoms with Crippen LogP contribution in [0.15, 0.2) is 67.1 Å². The Bertz CT molecular complexity index is 1640. The average molecular weight is 574 g/mol. The van der Waals surface area contributed by atoms with E-state index in [9.17, 15) is 26.4 Å². The fourth-order valence-electron chi connectivity index (χ4n) is 4.15. The number of primary amides is 1. The molecule has 2 aromatic carbocycles. The van der Waals surface area contributed by atoms with Gasteiger partial charge in [0.2, 0.25) is 10.0 Å². The Balaban J connectivity index is 1.55. The first-order valence-corrected chi connectivity index (χ1v) is 13.5. The van der Waals surface area contributed by atoms with Gasteiger partial charge in [-0.2, -0.15) is 18.3 Å². The number of H-pyrrole nitrogens is 1. The zero-order valence-electron chi connectivity index (χ0n) is 20.6. The van der Waals surface area contributed by atoms with Crippen molar-refractivity contribution in [2.45, 2.75) is 24.6 Å². The molecule has 11 nitrogen and oxygen atoms in total. The van der Waals surface area contributed by atoms with Crippen molar-refractivity contribution < 1.29 is 31.1 Å². The molecule has 0 atom stereocenters. The van der Waals surface area contributed by atoms with Crippen molar-refractivity contribution in [3.63, 3.8) is 0 Å². The number of carbonyl (C=O) groups excluding carboxylic acids is 1. The fourth-order valence-corrected chi connectivity index (χ4v) is 5.15. The van der Waals surface area contributed by atoms with Gasteiger partial charge < -0.3 is 15.8 Å². The number of nitrogens with zero attached hydrogens (tertiary/aromatic N) is 3. The maximum absolute atomic E-state index is 12.9. The molecular weight excluding hydrogens is 551 g/mol. The lowest BCUT2D eigenvalue weighted by Crippen LogP contribution is -2.28. The molecular formula is C25H22F3N7O4S. The first-order valence-electron chi connectivity index (χ1n) is 11.8. The number of aromatic nitrogens is 4. The Morgan fingerprint density at radius 1 is 1.12 bits per heavy atom. The number of hydrogen-bond donors (Lipinski definition) is 4. The molecule has 40 heavy (non-hydrogen) atoms. The quantitative estimate of drug-likeness (QED) is 0.220. The lowest BCUT2D eigenvalue weighted by Gasteiger charge is -2.22. The molecule has 1 aliphatic carbocycles. The van der Waals surface area contributed by atoms with E-state index in [1.165, 1.54) is 36.8 Å². The van der Waals surface area contributed by atoms with Gasteiger partial charge in [0.15, 0.2) is 11.6 Å². The fraction of sp³-hybridized carbons (Fsp3) is 0.200. The lowest BCUT2D eigenvalue weighted by atomic mass is 10.0. The van der Waals surface area contributed by atoms with Crippen molar-refractivity contribution >= 4 is 33.3 Å². The summed E-state index contributed by atoms with van der Waals surface area (Å²) < 4.78 is 71.6. The van der Waals surface area contributed by atoms with Gasteiger partial charge in [-0.15, -0.1) is 0 Å². The van der Waals surface area contributed by atoms with E-state index in [-0.39, 0.29) is 28.5 Å². The molecule has 1 saturated carbocycles. The van der Waals surface area contributed by atoms with Gasteiger partial charge in [-0.25, -0.2) is 13.4 Å². The zero-order valence-corrected chi connectivity index (χ0v) is 21.4. The Labute approximate surface area is 226 Å². The highest BCUT2D eigenvalue weighted by Gasteiger charge is 2.48. The second kappa shape index (κ2) is 10.1. The van der Waals surface area contributed by atoms with E-state index in [1.54, 1.807) is 0 Å². The van der Waals surface area contributed by atoms with E-state index in [0.717, 1.165) is 5.56 Å². The SMILES string of the molecule is NC(=O)c1c(Nc2cnccn2)n[nH]c1-c1ccc(NS(=O)(=O)CC(F)(F)F)c(OC2(c3ccccc3)CC2)c1. The molecule has 15 heteroatoms. The molecule has 208 valence electrons. The second-order valence-electron chi connectivity index (χ2n) is 9.05.